The van der Waals surface area contributed by atoms with Gasteiger partial charge in [0.05, 0.1) is 13.0 Å². The Balaban J connectivity index is 1.80. The minimum Gasteiger partial charge on any atom is -0.493 e. The molecule has 0 aliphatic heterocycles. The Morgan fingerprint density at radius 2 is 1.88 bits per heavy atom. The van der Waals surface area contributed by atoms with Crippen LogP contribution in [0.1, 0.15) is 30.4 Å². The van der Waals surface area contributed by atoms with Gasteiger partial charge in [-0.05, 0) is 29.7 Å². The minimum absolute atomic E-state index is 0.0324. The maximum absolute atomic E-state index is 11.2. The minimum atomic E-state index is -0.481. The standard InChI is InChI=1S/C19H21NO4/c1-3-15-18(19(15)20(21)22)14-9-10-16(23-2)17(11-14)24-12-13-7-5-4-6-8-13/h4-11,15,18-19H,3,12H2,1-2H3. The lowest BCUT2D eigenvalue weighted by atomic mass is 10.1. The normalized spacial score (nSPS) is 22.0. The average molecular weight is 327 g/mol. The van der Waals surface area contributed by atoms with Gasteiger partial charge in [-0.15, -0.1) is 0 Å². The third-order valence-electron chi connectivity index (χ3n) is 4.65. The maximum Gasteiger partial charge on any atom is 0.224 e. The number of benzene rings is 2. The Hall–Kier alpha value is -2.56. The van der Waals surface area contributed by atoms with Crippen LogP contribution in [0.4, 0.5) is 0 Å². The highest BCUT2D eigenvalue weighted by Gasteiger charge is 2.59. The molecular weight excluding hydrogens is 306 g/mol. The Bertz CT molecular complexity index is 717. The van der Waals surface area contributed by atoms with E-state index in [4.69, 9.17) is 9.47 Å². The van der Waals surface area contributed by atoms with Crippen LogP contribution in [0.2, 0.25) is 0 Å². The first-order valence-corrected chi connectivity index (χ1v) is 8.13. The lowest BCUT2D eigenvalue weighted by Gasteiger charge is -2.12. The second-order valence-electron chi connectivity index (χ2n) is 6.06. The highest BCUT2D eigenvalue weighted by Crippen LogP contribution is 2.52. The Labute approximate surface area is 141 Å². The van der Waals surface area contributed by atoms with Crippen molar-refractivity contribution in [1.29, 1.82) is 0 Å². The molecule has 126 valence electrons. The number of methoxy groups -OCH3 is 1. The van der Waals surface area contributed by atoms with Crippen molar-refractivity contribution < 1.29 is 14.4 Å². The molecule has 1 aliphatic rings. The van der Waals surface area contributed by atoms with Gasteiger partial charge in [0.15, 0.2) is 11.5 Å². The van der Waals surface area contributed by atoms with Crippen LogP contribution < -0.4 is 9.47 Å². The fraction of sp³-hybridized carbons (Fsp3) is 0.368. The number of nitro groups is 1. The van der Waals surface area contributed by atoms with Crippen LogP contribution in [-0.4, -0.2) is 18.1 Å². The van der Waals surface area contributed by atoms with Gasteiger partial charge in [-0.25, -0.2) is 0 Å². The summed E-state index contributed by atoms with van der Waals surface area (Å²) in [6.45, 7) is 2.43. The summed E-state index contributed by atoms with van der Waals surface area (Å²) in [7, 11) is 1.59. The summed E-state index contributed by atoms with van der Waals surface area (Å²) in [5.74, 6) is 1.34. The van der Waals surface area contributed by atoms with Gasteiger partial charge in [0.2, 0.25) is 6.04 Å². The van der Waals surface area contributed by atoms with E-state index in [1.165, 1.54) is 0 Å². The van der Waals surface area contributed by atoms with E-state index in [1.54, 1.807) is 7.11 Å². The van der Waals surface area contributed by atoms with Gasteiger partial charge in [-0.3, -0.25) is 10.1 Å². The first kappa shape index (κ1) is 16.3. The van der Waals surface area contributed by atoms with E-state index in [-0.39, 0.29) is 16.8 Å². The van der Waals surface area contributed by atoms with Gasteiger partial charge >= 0.3 is 0 Å². The van der Waals surface area contributed by atoms with Gasteiger partial charge in [-0.2, -0.15) is 0 Å². The Kier molecular flexibility index (Phi) is 4.69. The van der Waals surface area contributed by atoms with Gasteiger partial charge in [0.1, 0.15) is 6.61 Å². The fourth-order valence-corrected chi connectivity index (χ4v) is 3.33. The number of nitrogens with zero attached hydrogens (tertiary/aromatic N) is 1. The monoisotopic (exact) mass is 327 g/mol. The molecule has 0 bridgehead atoms. The molecule has 3 rings (SSSR count). The predicted molar refractivity (Wildman–Crippen MR) is 91.1 cm³/mol. The molecule has 0 amide bonds. The van der Waals surface area contributed by atoms with E-state index < -0.39 is 6.04 Å². The van der Waals surface area contributed by atoms with Crippen molar-refractivity contribution in [3.63, 3.8) is 0 Å². The van der Waals surface area contributed by atoms with E-state index in [0.29, 0.717) is 18.1 Å². The van der Waals surface area contributed by atoms with Crippen molar-refractivity contribution in [2.45, 2.75) is 31.9 Å². The van der Waals surface area contributed by atoms with Crippen LogP contribution >= 0.6 is 0 Å². The zero-order valence-corrected chi connectivity index (χ0v) is 13.8. The molecule has 0 saturated heterocycles. The first-order valence-electron chi connectivity index (χ1n) is 8.13. The van der Waals surface area contributed by atoms with Crippen molar-refractivity contribution in [2.24, 2.45) is 5.92 Å². The highest BCUT2D eigenvalue weighted by molar-refractivity contribution is 5.46. The molecule has 5 nitrogen and oxygen atoms in total. The smallest absolute Gasteiger partial charge is 0.224 e. The average Bonchev–Trinajstić information content (AvgIpc) is 3.35. The van der Waals surface area contributed by atoms with E-state index in [0.717, 1.165) is 17.5 Å². The van der Waals surface area contributed by atoms with E-state index >= 15 is 0 Å². The van der Waals surface area contributed by atoms with Gasteiger partial charge < -0.3 is 9.47 Å². The number of ether oxygens (including phenoxy) is 2. The van der Waals surface area contributed by atoms with Crippen molar-refractivity contribution in [3.05, 3.63) is 69.8 Å². The molecule has 0 aromatic heterocycles. The second kappa shape index (κ2) is 6.91. The third-order valence-corrected chi connectivity index (χ3v) is 4.65. The van der Waals surface area contributed by atoms with Crippen molar-refractivity contribution >= 4 is 0 Å². The molecule has 1 aliphatic carbocycles. The van der Waals surface area contributed by atoms with E-state index in [2.05, 4.69) is 0 Å². The quantitative estimate of drug-likeness (QED) is 0.569. The molecule has 1 saturated carbocycles. The van der Waals surface area contributed by atoms with E-state index in [9.17, 15) is 10.1 Å². The number of rotatable bonds is 7. The third kappa shape index (κ3) is 3.20. The van der Waals surface area contributed by atoms with Crippen LogP contribution in [0.25, 0.3) is 0 Å². The lowest BCUT2D eigenvalue weighted by molar-refractivity contribution is -0.499. The summed E-state index contributed by atoms with van der Waals surface area (Å²) in [6, 6.07) is 15.0. The first-order chi connectivity index (χ1) is 11.7. The molecule has 5 heteroatoms. The summed E-state index contributed by atoms with van der Waals surface area (Å²) in [4.78, 5) is 11.0. The summed E-state index contributed by atoms with van der Waals surface area (Å²) in [6.07, 6.45) is 0.808. The topological polar surface area (TPSA) is 61.6 Å². The van der Waals surface area contributed by atoms with Crippen LogP contribution in [0.3, 0.4) is 0 Å². The number of hydrogen-bond acceptors (Lipinski definition) is 4. The SMILES string of the molecule is CCC1C(c2ccc(OC)c(OCc3ccccc3)c2)C1[N+](=O)[O-]. The molecular formula is C19H21NO4. The highest BCUT2D eigenvalue weighted by atomic mass is 16.6. The molecule has 3 atom stereocenters. The summed E-state index contributed by atoms with van der Waals surface area (Å²) < 4.78 is 11.3. The van der Waals surface area contributed by atoms with Crippen LogP contribution in [-0.2, 0) is 6.61 Å². The summed E-state index contributed by atoms with van der Waals surface area (Å²) >= 11 is 0. The summed E-state index contributed by atoms with van der Waals surface area (Å²) in [5.41, 5.74) is 2.01. The lowest BCUT2D eigenvalue weighted by Crippen LogP contribution is -2.05. The molecule has 0 N–H and O–H groups in total. The molecule has 3 unspecified atom stereocenters. The van der Waals surface area contributed by atoms with Crippen LogP contribution in [0.15, 0.2) is 48.5 Å². The molecule has 1 fully saturated rings. The van der Waals surface area contributed by atoms with Crippen LogP contribution in [0, 0.1) is 16.0 Å². The van der Waals surface area contributed by atoms with E-state index in [1.807, 2.05) is 55.5 Å². The maximum atomic E-state index is 11.2. The zero-order chi connectivity index (χ0) is 17.1. The van der Waals surface area contributed by atoms with Crippen molar-refractivity contribution in [3.8, 4) is 11.5 Å². The molecule has 2 aromatic carbocycles. The van der Waals surface area contributed by atoms with Gasteiger partial charge in [0, 0.05) is 10.8 Å². The molecule has 2 aromatic rings. The molecule has 0 heterocycles. The second-order valence-corrected chi connectivity index (χ2v) is 6.06. The molecule has 0 spiro atoms. The largest absolute Gasteiger partial charge is 0.493 e. The fourth-order valence-electron chi connectivity index (χ4n) is 3.33. The predicted octanol–water partition coefficient (Wildman–Crippen LogP) is 4.04. The van der Waals surface area contributed by atoms with Gasteiger partial charge in [0.25, 0.3) is 0 Å². The van der Waals surface area contributed by atoms with Crippen molar-refractivity contribution in [2.75, 3.05) is 7.11 Å². The van der Waals surface area contributed by atoms with Gasteiger partial charge in [-0.1, -0.05) is 43.3 Å². The van der Waals surface area contributed by atoms with Crippen molar-refractivity contribution in [1.82, 2.24) is 0 Å². The molecule has 24 heavy (non-hydrogen) atoms. The number of hydrogen-bond donors (Lipinski definition) is 0. The molecule has 0 radical (unpaired) electrons. The Morgan fingerprint density at radius 1 is 1.12 bits per heavy atom. The zero-order valence-electron chi connectivity index (χ0n) is 13.8. The Morgan fingerprint density at radius 3 is 2.46 bits per heavy atom. The summed E-state index contributed by atoms with van der Waals surface area (Å²) in [5, 5.41) is 11.2. The van der Waals surface area contributed by atoms with Crippen LogP contribution in [0.5, 0.6) is 11.5 Å².